The van der Waals surface area contributed by atoms with Crippen molar-refractivity contribution in [1.82, 2.24) is 4.98 Å². The second-order valence-corrected chi connectivity index (χ2v) is 8.03. The van der Waals surface area contributed by atoms with Crippen LogP contribution >= 0.6 is 22.3 Å². The van der Waals surface area contributed by atoms with Gasteiger partial charge in [0, 0.05) is 22.6 Å². The second kappa shape index (κ2) is 4.87. The van der Waals surface area contributed by atoms with E-state index in [1.165, 1.54) is 25.3 Å². The maximum absolute atomic E-state index is 12.1. The molecular formula is C7H8Cl2N2O3S2. The first-order valence-electron chi connectivity index (χ1n) is 4.09. The van der Waals surface area contributed by atoms with Crippen LogP contribution in [0.4, 0.5) is 0 Å². The Morgan fingerprint density at radius 1 is 1.38 bits per heavy atom. The highest BCUT2D eigenvalue weighted by molar-refractivity contribution is 8.17. The summed E-state index contributed by atoms with van der Waals surface area (Å²) >= 11 is 5.61. The number of nitrogens with zero attached hydrogens (tertiary/aromatic N) is 2. The third-order valence-corrected chi connectivity index (χ3v) is 5.71. The van der Waals surface area contributed by atoms with Gasteiger partial charge in [0.05, 0.1) is 5.02 Å². The van der Waals surface area contributed by atoms with E-state index in [1.54, 1.807) is 0 Å². The molecule has 5 nitrogen and oxygen atoms in total. The molecule has 0 saturated heterocycles. The normalized spacial score (nSPS) is 15.4. The van der Waals surface area contributed by atoms with Gasteiger partial charge in [0.15, 0.2) is 0 Å². The summed E-state index contributed by atoms with van der Waals surface area (Å²) in [4.78, 5) is 3.78. The lowest BCUT2D eigenvalue weighted by Crippen LogP contribution is -2.07. The van der Waals surface area contributed by atoms with Crippen molar-refractivity contribution in [2.45, 2.75) is 11.9 Å². The summed E-state index contributed by atoms with van der Waals surface area (Å²) in [5, 5.41) is 0.402. The van der Waals surface area contributed by atoms with Crippen molar-refractivity contribution in [2.75, 3.05) is 5.75 Å². The summed E-state index contributed by atoms with van der Waals surface area (Å²) in [6, 6.07) is 2.81. The van der Waals surface area contributed by atoms with Crippen molar-refractivity contribution in [2.24, 2.45) is 3.77 Å². The molecule has 1 atom stereocenters. The van der Waals surface area contributed by atoms with Gasteiger partial charge in [0.2, 0.25) is 0 Å². The van der Waals surface area contributed by atoms with E-state index in [-0.39, 0.29) is 10.8 Å². The zero-order chi connectivity index (χ0) is 12.4. The highest BCUT2D eigenvalue weighted by Gasteiger charge is 2.16. The third kappa shape index (κ3) is 3.58. The van der Waals surface area contributed by atoms with Crippen molar-refractivity contribution in [3.8, 4) is 0 Å². The van der Waals surface area contributed by atoms with E-state index in [9.17, 15) is 12.6 Å². The van der Waals surface area contributed by atoms with E-state index >= 15 is 0 Å². The number of hydrogen-bond acceptors (Lipinski definition) is 4. The Kier molecular flexibility index (Phi) is 4.17. The lowest BCUT2D eigenvalue weighted by atomic mass is 10.5. The molecule has 0 aromatic carbocycles. The molecule has 1 rings (SSSR count). The van der Waals surface area contributed by atoms with E-state index in [4.69, 9.17) is 22.3 Å². The zero-order valence-electron chi connectivity index (χ0n) is 8.13. The van der Waals surface area contributed by atoms with E-state index in [0.717, 1.165) is 0 Å². The summed E-state index contributed by atoms with van der Waals surface area (Å²) < 4.78 is 36.9. The standard InChI is InChI=1S/C7H8Cl2N2O3S2/c1-2-15(12,11-16(9,13)14)7-4-3-6(8)5-10-7/h3-5H,2H2,1H3/t15-/m0/s1. The van der Waals surface area contributed by atoms with Crippen LogP contribution in [-0.2, 0) is 19.0 Å². The summed E-state index contributed by atoms with van der Waals surface area (Å²) in [6.07, 6.45) is 1.27. The topological polar surface area (TPSA) is 76.5 Å². The molecule has 0 unspecified atom stereocenters. The molecule has 1 heterocycles. The van der Waals surface area contributed by atoms with Crippen LogP contribution < -0.4 is 0 Å². The molecule has 0 saturated carbocycles. The molecule has 0 amide bonds. The van der Waals surface area contributed by atoms with Gasteiger partial charge >= 0.3 is 9.24 Å². The molecule has 0 bridgehead atoms. The van der Waals surface area contributed by atoms with Gasteiger partial charge in [-0.3, -0.25) is 0 Å². The van der Waals surface area contributed by atoms with Crippen LogP contribution in [0, 0.1) is 0 Å². The Bertz CT molecular complexity index is 589. The van der Waals surface area contributed by atoms with E-state index in [1.807, 2.05) is 0 Å². The SMILES string of the molecule is CC[S@@](=O)(=NS(=O)(=O)Cl)c1ccc(Cl)cn1. The Balaban J connectivity index is 3.43. The molecule has 90 valence electrons. The monoisotopic (exact) mass is 302 g/mol. The largest absolute Gasteiger partial charge is 0.347 e. The van der Waals surface area contributed by atoms with Gasteiger partial charge < -0.3 is 0 Å². The molecule has 0 fully saturated rings. The fourth-order valence-corrected chi connectivity index (χ4v) is 4.54. The van der Waals surface area contributed by atoms with E-state index < -0.39 is 19.0 Å². The van der Waals surface area contributed by atoms with Crippen LogP contribution in [0.3, 0.4) is 0 Å². The summed E-state index contributed by atoms with van der Waals surface area (Å²) in [5.74, 6) is -0.00637. The molecule has 0 aliphatic heterocycles. The lowest BCUT2D eigenvalue weighted by Gasteiger charge is -2.04. The van der Waals surface area contributed by atoms with Crippen LogP contribution in [0.1, 0.15) is 6.92 Å². The van der Waals surface area contributed by atoms with Gasteiger partial charge in [0.1, 0.15) is 14.8 Å². The summed E-state index contributed by atoms with van der Waals surface area (Å²) in [7, 11) is -2.40. The maximum atomic E-state index is 12.1. The van der Waals surface area contributed by atoms with Gasteiger partial charge in [0.25, 0.3) is 0 Å². The molecule has 0 N–H and O–H groups in total. The zero-order valence-corrected chi connectivity index (χ0v) is 11.3. The molecular weight excluding hydrogens is 295 g/mol. The number of halogens is 2. The number of aromatic nitrogens is 1. The van der Waals surface area contributed by atoms with Gasteiger partial charge in [-0.1, -0.05) is 22.3 Å². The average Bonchev–Trinajstić information content (AvgIpc) is 2.16. The van der Waals surface area contributed by atoms with E-state index in [0.29, 0.717) is 5.02 Å². The van der Waals surface area contributed by atoms with Gasteiger partial charge in [-0.05, 0) is 12.1 Å². The minimum Gasteiger partial charge on any atom is -0.245 e. The van der Waals surface area contributed by atoms with Crippen LogP contribution in [0.15, 0.2) is 27.1 Å². The van der Waals surface area contributed by atoms with Crippen molar-refractivity contribution in [3.63, 3.8) is 0 Å². The quantitative estimate of drug-likeness (QED) is 0.801. The highest BCUT2D eigenvalue weighted by Crippen LogP contribution is 2.17. The third-order valence-electron chi connectivity index (χ3n) is 1.63. The smallest absolute Gasteiger partial charge is 0.245 e. The average molecular weight is 303 g/mol. The Morgan fingerprint density at radius 3 is 2.38 bits per heavy atom. The molecule has 16 heavy (non-hydrogen) atoms. The summed E-state index contributed by atoms with van der Waals surface area (Å²) in [5.41, 5.74) is 0. The molecule has 9 heteroatoms. The summed E-state index contributed by atoms with van der Waals surface area (Å²) in [6.45, 7) is 1.53. The van der Waals surface area contributed by atoms with Crippen LogP contribution in [0.2, 0.25) is 5.02 Å². The molecule has 0 aliphatic carbocycles. The maximum Gasteiger partial charge on any atom is 0.347 e. The minimum atomic E-state index is -4.20. The number of hydrogen-bond donors (Lipinski definition) is 0. The van der Waals surface area contributed by atoms with Gasteiger partial charge in [-0.15, -0.1) is 0 Å². The van der Waals surface area contributed by atoms with Crippen molar-refractivity contribution in [3.05, 3.63) is 23.4 Å². The first-order chi connectivity index (χ1) is 7.27. The van der Waals surface area contributed by atoms with Crippen LogP contribution in [0.5, 0.6) is 0 Å². The van der Waals surface area contributed by atoms with Crippen molar-refractivity contribution >= 4 is 41.2 Å². The van der Waals surface area contributed by atoms with Crippen molar-refractivity contribution < 1.29 is 12.6 Å². The van der Waals surface area contributed by atoms with Crippen LogP contribution in [-0.4, -0.2) is 23.4 Å². The predicted octanol–water partition coefficient (Wildman–Crippen LogP) is 2.07. The van der Waals surface area contributed by atoms with Crippen LogP contribution in [0.25, 0.3) is 0 Å². The number of rotatable bonds is 3. The fraction of sp³-hybridized carbons (Fsp3) is 0.286. The van der Waals surface area contributed by atoms with Crippen molar-refractivity contribution in [1.29, 1.82) is 0 Å². The minimum absolute atomic E-state index is 0.00637. The Morgan fingerprint density at radius 2 is 2.00 bits per heavy atom. The first-order valence-corrected chi connectivity index (χ1v) is 8.42. The van der Waals surface area contributed by atoms with E-state index in [2.05, 4.69) is 8.75 Å². The van der Waals surface area contributed by atoms with Gasteiger partial charge in [-0.25, -0.2) is 9.19 Å². The molecule has 0 radical (unpaired) electrons. The molecule has 1 aromatic heterocycles. The molecule has 0 aliphatic rings. The second-order valence-electron chi connectivity index (χ2n) is 2.73. The fourth-order valence-electron chi connectivity index (χ4n) is 0.934. The predicted molar refractivity (Wildman–Crippen MR) is 63.4 cm³/mol. The molecule has 1 aromatic rings. The molecule has 0 spiro atoms. The highest BCUT2D eigenvalue weighted by atomic mass is 35.7. The Hall–Kier alpha value is -0.370. The number of pyridine rings is 1. The van der Waals surface area contributed by atoms with Gasteiger partial charge in [-0.2, -0.15) is 8.42 Å². The first kappa shape index (κ1) is 13.7. The lowest BCUT2D eigenvalue weighted by molar-refractivity contribution is 0.611. The Labute approximate surface area is 104 Å².